The van der Waals surface area contributed by atoms with Crippen molar-refractivity contribution in [3.63, 3.8) is 0 Å². The van der Waals surface area contributed by atoms with Crippen LogP contribution >= 0.6 is 11.3 Å². The minimum Gasteiger partial charge on any atom is -0.381 e. The lowest BCUT2D eigenvalue weighted by molar-refractivity contribution is -0.115. The molecule has 2 saturated heterocycles. The Morgan fingerprint density at radius 1 is 1.30 bits per heavy atom. The Hall–Kier alpha value is -1.92. The van der Waals surface area contributed by atoms with E-state index in [9.17, 15) is 4.79 Å². The molecular weight excluding hydrogens is 358 g/mol. The first kappa shape index (κ1) is 17.2. The monoisotopic (exact) mass is 383 g/mol. The third-order valence-electron chi connectivity index (χ3n) is 6.33. The van der Waals surface area contributed by atoms with Gasteiger partial charge in [0, 0.05) is 42.2 Å². The third-order valence-corrected chi connectivity index (χ3v) is 7.10. The predicted octanol–water partition coefficient (Wildman–Crippen LogP) is 4.54. The lowest BCUT2D eigenvalue weighted by atomic mass is 9.64. The molecule has 5 rings (SSSR count). The molecule has 1 aromatic heterocycles. The number of hydrogen-bond donors (Lipinski definition) is 1. The van der Waals surface area contributed by atoms with Crippen LogP contribution < -0.4 is 5.32 Å². The number of aromatic nitrogens is 1. The molecule has 3 fully saturated rings. The van der Waals surface area contributed by atoms with Gasteiger partial charge in [0.25, 0.3) is 0 Å². The molecule has 1 N–H and O–H groups in total. The van der Waals surface area contributed by atoms with Gasteiger partial charge in [-0.25, -0.2) is 9.78 Å². The van der Waals surface area contributed by atoms with Crippen LogP contribution in [0.1, 0.15) is 30.7 Å². The summed E-state index contributed by atoms with van der Waals surface area (Å²) in [6.07, 6.45) is 4.69. The topological polar surface area (TPSA) is 54.5 Å². The van der Waals surface area contributed by atoms with Gasteiger partial charge in [-0.2, -0.15) is 0 Å². The predicted molar refractivity (Wildman–Crippen MR) is 107 cm³/mol. The maximum Gasteiger partial charge on any atom is 0.322 e. The fraction of sp³-hybridized carbons (Fsp3) is 0.524. The number of nitrogens with zero attached hydrogens (tertiary/aromatic N) is 2. The normalized spacial score (nSPS) is 23.9. The van der Waals surface area contributed by atoms with Crippen LogP contribution in [0.15, 0.2) is 29.6 Å². The van der Waals surface area contributed by atoms with E-state index in [1.165, 1.54) is 12.8 Å². The molecule has 1 saturated carbocycles. The lowest BCUT2D eigenvalue weighted by Crippen LogP contribution is -2.69. The average molecular weight is 384 g/mol. The summed E-state index contributed by atoms with van der Waals surface area (Å²) in [5, 5.41) is 6.26. The number of thiazole rings is 1. The number of likely N-dealkylation sites (tertiary alicyclic amines) is 1. The maximum atomic E-state index is 13.1. The summed E-state index contributed by atoms with van der Waals surface area (Å²) < 4.78 is 5.58. The van der Waals surface area contributed by atoms with Gasteiger partial charge in [-0.3, -0.25) is 0 Å². The Bertz CT molecular complexity index is 855. The second-order valence-corrected chi connectivity index (χ2v) is 9.17. The van der Waals surface area contributed by atoms with Gasteiger partial charge in [0.1, 0.15) is 0 Å². The van der Waals surface area contributed by atoms with E-state index in [1.807, 2.05) is 36.6 Å². The first-order chi connectivity index (χ1) is 13.2. The Balaban J connectivity index is 1.36. The highest BCUT2D eigenvalue weighted by Gasteiger charge is 2.59. The summed E-state index contributed by atoms with van der Waals surface area (Å²) >= 11 is 1.63. The number of carbonyl (C=O) groups is 1. The van der Waals surface area contributed by atoms with Gasteiger partial charge in [0.2, 0.25) is 0 Å². The van der Waals surface area contributed by atoms with Crippen LogP contribution in [0.25, 0.3) is 11.3 Å². The molecule has 3 heterocycles. The van der Waals surface area contributed by atoms with E-state index in [0.29, 0.717) is 17.4 Å². The van der Waals surface area contributed by atoms with Gasteiger partial charge in [-0.15, -0.1) is 11.3 Å². The van der Waals surface area contributed by atoms with E-state index in [4.69, 9.17) is 4.74 Å². The highest BCUT2D eigenvalue weighted by Crippen LogP contribution is 2.55. The van der Waals surface area contributed by atoms with E-state index in [0.717, 1.165) is 54.6 Å². The fourth-order valence-corrected chi connectivity index (χ4v) is 5.45. The van der Waals surface area contributed by atoms with Crippen molar-refractivity contribution >= 4 is 23.1 Å². The number of aryl methyl sites for hydroxylation is 1. The lowest BCUT2D eigenvalue weighted by Gasteiger charge is -2.59. The first-order valence-corrected chi connectivity index (χ1v) is 10.7. The highest BCUT2D eigenvalue weighted by atomic mass is 32.1. The van der Waals surface area contributed by atoms with Crippen LogP contribution in [0.4, 0.5) is 10.5 Å². The number of ether oxygens (including phenoxy) is 1. The number of nitrogens with one attached hydrogen (secondary N) is 1. The zero-order valence-corrected chi connectivity index (χ0v) is 16.4. The molecule has 0 bridgehead atoms. The molecule has 27 heavy (non-hydrogen) atoms. The van der Waals surface area contributed by atoms with E-state index >= 15 is 0 Å². The summed E-state index contributed by atoms with van der Waals surface area (Å²) in [4.78, 5) is 19.8. The molecule has 1 atom stereocenters. The number of carbonyl (C=O) groups excluding carboxylic acids is 1. The SMILES string of the molecule is Cc1nc(-c2ccccc2NC(=O)N2CC3(CCOCC3)C2C2CC2)cs1. The standard InChI is InChI=1S/C21H25N3O2S/c1-14-22-18(12-27-14)16-4-2-3-5-17(16)23-20(25)24-13-21(8-10-26-11-9-21)19(24)15-6-7-15/h2-5,12,15,19H,6-11,13H2,1H3,(H,23,25). The molecule has 1 aromatic carbocycles. The van der Waals surface area contributed by atoms with Gasteiger partial charge in [-0.1, -0.05) is 18.2 Å². The van der Waals surface area contributed by atoms with Crippen molar-refractivity contribution in [3.8, 4) is 11.3 Å². The van der Waals surface area contributed by atoms with Crippen LogP contribution in [0.2, 0.25) is 0 Å². The van der Waals surface area contributed by atoms with Crippen molar-refractivity contribution in [3.05, 3.63) is 34.7 Å². The van der Waals surface area contributed by atoms with E-state index < -0.39 is 0 Å². The zero-order chi connectivity index (χ0) is 18.4. The summed E-state index contributed by atoms with van der Waals surface area (Å²) in [6, 6.07) is 8.37. The molecule has 3 aliphatic rings. The maximum absolute atomic E-state index is 13.1. The molecule has 1 unspecified atom stereocenters. The second kappa shape index (κ2) is 6.60. The van der Waals surface area contributed by atoms with Crippen molar-refractivity contribution in [1.82, 2.24) is 9.88 Å². The molecular formula is C21H25N3O2S. The molecule has 5 nitrogen and oxygen atoms in total. The van der Waals surface area contributed by atoms with Gasteiger partial charge in [-0.05, 0) is 44.6 Å². The molecule has 6 heteroatoms. The zero-order valence-electron chi connectivity index (χ0n) is 15.6. The minimum atomic E-state index is 0.0309. The minimum absolute atomic E-state index is 0.0309. The summed E-state index contributed by atoms with van der Waals surface area (Å²) in [5.41, 5.74) is 3.05. The number of urea groups is 1. The molecule has 142 valence electrons. The quantitative estimate of drug-likeness (QED) is 0.846. The van der Waals surface area contributed by atoms with Crippen molar-refractivity contribution in [2.24, 2.45) is 11.3 Å². The fourth-order valence-electron chi connectivity index (χ4n) is 4.84. The van der Waals surface area contributed by atoms with Crippen molar-refractivity contribution in [2.75, 3.05) is 25.1 Å². The summed E-state index contributed by atoms with van der Waals surface area (Å²) in [5.74, 6) is 0.680. The molecule has 2 amide bonds. The molecule has 1 spiro atoms. The Morgan fingerprint density at radius 3 is 2.78 bits per heavy atom. The first-order valence-electron chi connectivity index (χ1n) is 9.83. The van der Waals surface area contributed by atoms with Gasteiger partial charge in [0.05, 0.1) is 16.4 Å². The number of benzene rings is 1. The average Bonchev–Trinajstić information content (AvgIpc) is 3.39. The number of hydrogen-bond acceptors (Lipinski definition) is 4. The van der Waals surface area contributed by atoms with Crippen LogP contribution in [0.5, 0.6) is 0 Å². The van der Waals surface area contributed by atoms with E-state index in [1.54, 1.807) is 11.3 Å². The Kier molecular flexibility index (Phi) is 4.20. The molecule has 2 aliphatic heterocycles. The van der Waals surface area contributed by atoms with Crippen LogP contribution in [-0.2, 0) is 4.74 Å². The van der Waals surface area contributed by atoms with Gasteiger partial charge in [0.15, 0.2) is 0 Å². The van der Waals surface area contributed by atoms with E-state index in [-0.39, 0.29) is 6.03 Å². The van der Waals surface area contributed by atoms with Crippen molar-refractivity contribution < 1.29 is 9.53 Å². The smallest absolute Gasteiger partial charge is 0.322 e. The Labute approximate surface area is 163 Å². The molecule has 1 aliphatic carbocycles. The Morgan fingerprint density at radius 2 is 2.07 bits per heavy atom. The second-order valence-electron chi connectivity index (χ2n) is 8.11. The molecule has 0 radical (unpaired) electrons. The van der Waals surface area contributed by atoms with Crippen molar-refractivity contribution in [1.29, 1.82) is 0 Å². The highest BCUT2D eigenvalue weighted by molar-refractivity contribution is 7.09. The summed E-state index contributed by atoms with van der Waals surface area (Å²) in [6.45, 7) is 4.54. The third kappa shape index (κ3) is 3.05. The van der Waals surface area contributed by atoms with E-state index in [2.05, 4.69) is 15.2 Å². The van der Waals surface area contributed by atoms with Crippen LogP contribution in [0.3, 0.4) is 0 Å². The largest absolute Gasteiger partial charge is 0.381 e. The number of amides is 2. The molecule has 2 aromatic rings. The number of anilines is 1. The van der Waals surface area contributed by atoms with Crippen LogP contribution in [0, 0.1) is 18.3 Å². The summed E-state index contributed by atoms with van der Waals surface area (Å²) in [7, 11) is 0. The van der Waals surface area contributed by atoms with Crippen molar-refractivity contribution in [2.45, 2.75) is 38.6 Å². The van der Waals surface area contributed by atoms with Gasteiger partial charge >= 0.3 is 6.03 Å². The van der Waals surface area contributed by atoms with Crippen LogP contribution in [-0.4, -0.2) is 41.7 Å². The number of para-hydroxylation sites is 1. The number of rotatable bonds is 3. The van der Waals surface area contributed by atoms with Gasteiger partial charge < -0.3 is 15.0 Å².